The highest BCUT2D eigenvalue weighted by molar-refractivity contribution is 5.39. The predicted molar refractivity (Wildman–Crippen MR) is 45.8 cm³/mol. The van der Waals surface area contributed by atoms with Crippen LogP contribution in [-0.4, -0.2) is 7.11 Å². The summed E-state index contributed by atoms with van der Waals surface area (Å²) in [5.41, 5.74) is 4.03. The SMILES string of the molecule is COc1cc(C(F)(F)F)cc(F)c1CN. The summed E-state index contributed by atoms with van der Waals surface area (Å²) in [5.74, 6) is -1.20. The van der Waals surface area contributed by atoms with Crippen LogP contribution < -0.4 is 10.5 Å². The zero-order chi connectivity index (χ0) is 11.6. The Morgan fingerprint density at radius 1 is 1.33 bits per heavy atom. The molecule has 0 heterocycles. The van der Waals surface area contributed by atoms with Gasteiger partial charge in [0.25, 0.3) is 0 Å². The average molecular weight is 223 g/mol. The van der Waals surface area contributed by atoms with Gasteiger partial charge in [-0.05, 0) is 12.1 Å². The zero-order valence-electron chi connectivity index (χ0n) is 7.86. The van der Waals surface area contributed by atoms with Crippen LogP contribution in [0.4, 0.5) is 17.6 Å². The summed E-state index contributed by atoms with van der Waals surface area (Å²) in [6, 6.07) is 1.13. The number of benzene rings is 1. The Kier molecular flexibility index (Phi) is 3.18. The van der Waals surface area contributed by atoms with Crippen molar-refractivity contribution in [3.8, 4) is 5.75 Å². The van der Waals surface area contributed by atoms with Crippen LogP contribution in [0.15, 0.2) is 12.1 Å². The lowest BCUT2D eigenvalue weighted by Gasteiger charge is -2.12. The Hall–Kier alpha value is -1.30. The first-order valence-electron chi connectivity index (χ1n) is 4.03. The monoisotopic (exact) mass is 223 g/mol. The normalized spacial score (nSPS) is 11.6. The molecule has 0 atom stereocenters. The van der Waals surface area contributed by atoms with Crippen LogP contribution in [0, 0.1) is 5.82 Å². The van der Waals surface area contributed by atoms with Gasteiger partial charge in [0.2, 0.25) is 0 Å². The first-order valence-corrected chi connectivity index (χ1v) is 4.03. The maximum Gasteiger partial charge on any atom is 0.416 e. The second-order valence-electron chi connectivity index (χ2n) is 2.84. The fraction of sp³-hybridized carbons (Fsp3) is 0.333. The molecular formula is C9H9F4NO. The number of rotatable bonds is 2. The number of hydrogen-bond donors (Lipinski definition) is 1. The van der Waals surface area contributed by atoms with Gasteiger partial charge in [-0.2, -0.15) is 13.2 Å². The van der Waals surface area contributed by atoms with Crippen LogP contribution in [-0.2, 0) is 12.7 Å². The number of alkyl halides is 3. The summed E-state index contributed by atoms with van der Waals surface area (Å²) in [7, 11) is 1.16. The highest BCUT2D eigenvalue weighted by Gasteiger charge is 2.32. The molecule has 0 bridgehead atoms. The molecule has 0 aliphatic heterocycles. The molecule has 1 aromatic rings. The highest BCUT2D eigenvalue weighted by Crippen LogP contribution is 2.34. The molecule has 1 rings (SSSR count). The van der Waals surface area contributed by atoms with Crippen molar-refractivity contribution < 1.29 is 22.3 Å². The molecule has 6 heteroatoms. The van der Waals surface area contributed by atoms with E-state index in [0.29, 0.717) is 6.07 Å². The lowest BCUT2D eigenvalue weighted by molar-refractivity contribution is -0.137. The van der Waals surface area contributed by atoms with Crippen molar-refractivity contribution in [2.45, 2.75) is 12.7 Å². The molecule has 2 nitrogen and oxygen atoms in total. The second kappa shape index (κ2) is 4.06. The van der Waals surface area contributed by atoms with Crippen LogP contribution in [0.25, 0.3) is 0 Å². The summed E-state index contributed by atoms with van der Waals surface area (Å²) in [5, 5.41) is 0. The zero-order valence-corrected chi connectivity index (χ0v) is 7.86. The maximum absolute atomic E-state index is 13.2. The Morgan fingerprint density at radius 2 is 1.93 bits per heavy atom. The third-order valence-corrected chi connectivity index (χ3v) is 1.91. The van der Waals surface area contributed by atoms with E-state index in [2.05, 4.69) is 4.74 Å². The molecule has 0 radical (unpaired) electrons. The van der Waals surface area contributed by atoms with Crippen molar-refractivity contribution in [1.29, 1.82) is 0 Å². The minimum Gasteiger partial charge on any atom is -0.496 e. The number of halogens is 4. The first kappa shape index (κ1) is 11.8. The molecule has 1 aromatic carbocycles. The third kappa shape index (κ3) is 2.38. The van der Waals surface area contributed by atoms with Crippen LogP contribution in [0.5, 0.6) is 5.75 Å². The summed E-state index contributed by atoms with van der Waals surface area (Å²) >= 11 is 0. The van der Waals surface area contributed by atoms with Gasteiger partial charge in [0, 0.05) is 12.1 Å². The molecule has 0 aromatic heterocycles. The summed E-state index contributed by atoms with van der Waals surface area (Å²) in [6.45, 7) is -0.215. The third-order valence-electron chi connectivity index (χ3n) is 1.91. The number of hydrogen-bond acceptors (Lipinski definition) is 2. The second-order valence-corrected chi connectivity index (χ2v) is 2.84. The van der Waals surface area contributed by atoms with Gasteiger partial charge in [-0.3, -0.25) is 0 Å². The highest BCUT2D eigenvalue weighted by atomic mass is 19.4. The molecule has 0 amide bonds. The van der Waals surface area contributed by atoms with E-state index in [1.165, 1.54) is 0 Å². The molecule has 2 N–H and O–H groups in total. The average Bonchev–Trinajstić information content (AvgIpc) is 2.15. The van der Waals surface area contributed by atoms with Crippen LogP contribution in [0.2, 0.25) is 0 Å². The Bertz CT molecular complexity index is 362. The van der Waals surface area contributed by atoms with E-state index in [1.54, 1.807) is 0 Å². The molecule has 0 unspecified atom stereocenters. The molecule has 15 heavy (non-hydrogen) atoms. The van der Waals surface area contributed by atoms with Gasteiger partial charge in [-0.15, -0.1) is 0 Å². The smallest absolute Gasteiger partial charge is 0.416 e. The van der Waals surface area contributed by atoms with Crippen LogP contribution in [0.1, 0.15) is 11.1 Å². The van der Waals surface area contributed by atoms with Gasteiger partial charge >= 0.3 is 6.18 Å². The minimum absolute atomic E-state index is 0.0644. The van der Waals surface area contributed by atoms with Crippen molar-refractivity contribution >= 4 is 0 Å². The largest absolute Gasteiger partial charge is 0.496 e. The van der Waals surface area contributed by atoms with Crippen molar-refractivity contribution in [1.82, 2.24) is 0 Å². The van der Waals surface area contributed by atoms with E-state index in [-0.39, 0.29) is 17.9 Å². The van der Waals surface area contributed by atoms with Crippen molar-refractivity contribution in [3.05, 3.63) is 29.1 Å². The lowest BCUT2D eigenvalue weighted by Crippen LogP contribution is -2.09. The summed E-state index contributed by atoms with van der Waals surface area (Å²) in [6.07, 6.45) is -4.60. The standard InChI is InChI=1S/C9H9F4NO/c1-15-8-3-5(9(11,12)13)2-7(10)6(8)4-14/h2-3H,4,14H2,1H3. The van der Waals surface area contributed by atoms with Gasteiger partial charge in [0.1, 0.15) is 11.6 Å². The number of ether oxygens (including phenoxy) is 1. The lowest BCUT2D eigenvalue weighted by atomic mass is 10.1. The molecule has 0 spiro atoms. The molecule has 0 fully saturated rings. The van der Waals surface area contributed by atoms with E-state index < -0.39 is 17.6 Å². The van der Waals surface area contributed by atoms with Crippen molar-refractivity contribution in [3.63, 3.8) is 0 Å². The van der Waals surface area contributed by atoms with Crippen molar-refractivity contribution in [2.75, 3.05) is 7.11 Å². The summed E-state index contributed by atoms with van der Waals surface area (Å²) in [4.78, 5) is 0. The Balaban J connectivity index is 3.32. The van der Waals surface area contributed by atoms with E-state index in [4.69, 9.17) is 5.73 Å². The maximum atomic E-state index is 13.2. The van der Waals surface area contributed by atoms with Crippen LogP contribution >= 0.6 is 0 Å². The van der Waals surface area contributed by atoms with E-state index in [1.807, 2.05) is 0 Å². The summed E-state index contributed by atoms with van der Waals surface area (Å²) < 4.78 is 54.6. The molecule has 84 valence electrons. The van der Waals surface area contributed by atoms with E-state index in [0.717, 1.165) is 13.2 Å². The number of methoxy groups -OCH3 is 1. The Labute approximate surface area is 83.6 Å². The first-order chi connectivity index (χ1) is 6.90. The minimum atomic E-state index is -4.60. The van der Waals surface area contributed by atoms with E-state index in [9.17, 15) is 17.6 Å². The quantitative estimate of drug-likeness (QED) is 0.781. The number of nitrogens with two attached hydrogens (primary N) is 1. The fourth-order valence-corrected chi connectivity index (χ4v) is 1.16. The molecule has 0 aliphatic rings. The molecule has 0 saturated heterocycles. The van der Waals surface area contributed by atoms with Gasteiger partial charge in [-0.1, -0.05) is 0 Å². The molecule has 0 saturated carbocycles. The van der Waals surface area contributed by atoms with E-state index >= 15 is 0 Å². The Morgan fingerprint density at radius 3 is 2.33 bits per heavy atom. The van der Waals surface area contributed by atoms with Gasteiger partial charge in [0.05, 0.1) is 12.7 Å². The predicted octanol–water partition coefficient (Wildman–Crippen LogP) is 2.31. The van der Waals surface area contributed by atoms with Gasteiger partial charge in [0.15, 0.2) is 0 Å². The van der Waals surface area contributed by atoms with Gasteiger partial charge in [-0.25, -0.2) is 4.39 Å². The van der Waals surface area contributed by atoms with Gasteiger partial charge < -0.3 is 10.5 Å². The molecule has 0 aliphatic carbocycles. The van der Waals surface area contributed by atoms with Crippen LogP contribution in [0.3, 0.4) is 0 Å². The topological polar surface area (TPSA) is 35.2 Å². The van der Waals surface area contributed by atoms with Crippen molar-refractivity contribution in [2.24, 2.45) is 5.73 Å². The molecular weight excluding hydrogens is 214 g/mol. The fourth-order valence-electron chi connectivity index (χ4n) is 1.16.